The van der Waals surface area contributed by atoms with Gasteiger partial charge in [0.1, 0.15) is 5.75 Å². The van der Waals surface area contributed by atoms with E-state index in [0.717, 1.165) is 28.2 Å². The number of aryl methyl sites for hydroxylation is 2. The minimum absolute atomic E-state index is 0.296. The molecule has 0 unspecified atom stereocenters. The Labute approximate surface area is 166 Å². The summed E-state index contributed by atoms with van der Waals surface area (Å²) in [4.78, 5) is 2.25. The fraction of sp³-hybridized carbons (Fsp3) is 0.0769. The Morgan fingerprint density at radius 2 is 1.21 bits per heavy atom. The van der Waals surface area contributed by atoms with E-state index in [1.165, 1.54) is 11.1 Å². The molecule has 0 heterocycles. The molecule has 0 aliphatic rings. The van der Waals surface area contributed by atoms with Crippen molar-refractivity contribution in [3.63, 3.8) is 0 Å². The molecular formula is C26H23NO. The van der Waals surface area contributed by atoms with Crippen LogP contribution in [-0.2, 0) is 0 Å². The van der Waals surface area contributed by atoms with Gasteiger partial charge in [-0.2, -0.15) is 0 Å². The lowest BCUT2D eigenvalue weighted by Crippen LogP contribution is -2.10. The number of anilines is 3. The molecular weight excluding hydrogens is 342 g/mol. The summed E-state index contributed by atoms with van der Waals surface area (Å²) in [6.07, 6.45) is 0. The first-order chi connectivity index (χ1) is 13.6. The fourth-order valence-electron chi connectivity index (χ4n) is 3.42. The van der Waals surface area contributed by atoms with Crippen LogP contribution in [-0.4, -0.2) is 5.11 Å². The normalized spacial score (nSPS) is 10.6. The smallest absolute Gasteiger partial charge is 0.123 e. The highest BCUT2D eigenvalue weighted by atomic mass is 16.3. The molecule has 0 spiro atoms. The highest BCUT2D eigenvalue weighted by Gasteiger charge is 2.13. The van der Waals surface area contributed by atoms with E-state index < -0.39 is 0 Å². The van der Waals surface area contributed by atoms with E-state index in [0.29, 0.717) is 5.75 Å². The fourth-order valence-corrected chi connectivity index (χ4v) is 3.42. The van der Waals surface area contributed by atoms with Gasteiger partial charge in [0.25, 0.3) is 0 Å². The summed E-state index contributed by atoms with van der Waals surface area (Å²) in [5.74, 6) is 0.296. The van der Waals surface area contributed by atoms with Gasteiger partial charge in [-0.3, -0.25) is 0 Å². The number of para-hydroxylation sites is 1. The van der Waals surface area contributed by atoms with Crippen molar-refractivity contribution < 1.29 is 5.11 Å². The molecule has 0 bridgehead atoms. The van der Waals surface area contributed by atoms with E-state index in [-0.39, 0.29) is 0 Å². The molecule has 2 nitrogen and oxygen atoms in total. The van der Waals surface area contributed by atoms with Crippen LogP contribution in [0.5, 0.6) is 5.75 Å². The van der Waals surface area contributed by atoms with E-state index in [4.69, 9.17) is 0 Å². The highest BCUT2D eigenvalue weighted by Crippen LogP contribution is 2.37. The third-order valence-corrected chi connectivity index (χ3v) is 4.89. The number of hydrogen-bond donors (Lipinski definition) is 1. The minimum atomic E-state index is 0.296. The second-order valence-electron chi connectivity index (χ2n) is 7.07. The Morgan fingerprint density at radius 1 is 0.571 bits per heavy atom. The number of rotatable bonds is 4. The third kappa shape index (κ3) is 3.63. The number of hydrogen-bond acceptors (Lipinski definition) is 2. The Kier molecular flexibility index (Phi) is 4.86. The average molecular weight is 365 g/mol. The molecule has 4 aromatic rings. The largest absolute Gasteiger partial charge is 0.507 e. The standard InChI is InChI=1S/C26H23NO/c1-19-10-14-22(15-11-19)27(24-7-5-6-20(2)18-24)23-16-12-21(13-17-23)25-8-3-4-9-26(25)28/h3-18,28H,1-2H3. The van der Waals surface area contributed by atoms with Gasteiger partial charge in [0.2, 0.25) is 0 Å². The monoisotopic (exact) mass is 365 g/mol. The molecule has 4 rings (SSSR count). The Balaban J connectivity index is 1.78. The van der Waals surface area contributed by atoms with Crippen molar-refractivity contribution in [1.82, 2.24) is 0 Å². The van der Waals surface area contributed by atoms with Crippen LogP contribution in [0.3, 0.4) is 0 Å². The van der Waals surface area contributed by atoms with Crippen LogP contribution in [0.2, 0.25) is 0 Å². The predicted octanol–water partition coefficient (Wildman–Crippen LogP) is 7.15. The zero-order valence-electron chi connectivity index (χ0n) is 16.1. The van der Waals surface area contributed by atoms with Gasteiger partial charge >= 0.3 is 0 Å². The summed E-state index contributed by atoms with van der Waals surface area (Å²) >= 11 is 0. The van der Waals surface area contributed by atoms with Crippen LogP contribution in [0.25, 0.3) is 11.1 Å². The maximum atomic E-state index is 10.1. The first-order valence-electron chi connectivity index (χ1n) is 9.44. The van der Waals surface area contributed by atoms with Gasteiger partial charge < -0.3 is 10.0 Å². The van der Waals surface area contributed by atoms with Gasteiger partial charge in [0, 0.05) is 22.6 Å². The number of phenolic OH excluding ortho intramolecular Hbond substituents is 1. The van der Waals surface area contributed by atoms with Gasteiger partial charge in [0.15, 0.2) is 0 Å². The van der Waals surface area contributed by atoms with Crippen LogP contribution in [0.15, 0.2) is 97.1 Å². The van der Waals surface area contributed by atoms with Gasteiger partial charge in [-0.25, -0.2) is 0 Å². The molecule has 2 heteroatoms. The average Bonchev–Trinajstić information content (AvgIpc) is 2.71. The molecule has 138 valence electrons. The molecule has 1 N–H and O–H groups in total. The van der Waals surface area contributed by atoms with Crippen molar-refractivity contribution in [3.8, 4) is 16.9 Å². The molecule has 0 aromatic heterocycles. The zero-order valence-corrected chi connectivity index (χ0v) is 16.1. The van der Waals surface area contributed by atoms with Gasteiger partial charge in [-0.15, -0.1) is 0 Å². The molecule has 0 fully saturated rings. The SMILES string of the molecule is Cc1ccc(N(c2ccc(-c3ccccc3O)cc2)c2cccc(C)c2)cc1. The lowest BCUT2D eigenvalue weighted by atomic mass is 10.0. The summed E-state index contributed by atoms with van der Waals surface area (Å²) < 4.78 is 0. The van der Waals surface area contributed by atoms with Crippen LogP contribution in [0, 0.1) is 13.8 Å². The van der Waals surface area contributed by atoms with Gasteiger partial charge in [0.05, 0.1) is 0 Å². The topological polar surface area (TPSA) is 23.5 Å². The number of aromatic hydroxyl groups is 1. The quantitative estimate of drug-likeness (QED) is 0.415. The minimum Gasteiger partial charge on any atom is -0.507 e. The van der Waals surface area contributed by atoms with Crippen LogP contribution in [0.1, 0.15) is 11.1 Å². The number of benzene rings is 4. The summed E-state index contributed by atoms with van der Waals surface area (Å²) in [6, 6.07) is 32.8. The Morgan fingerprint density at radius 3 is 1.86 bits per heavy atom. The molecule has 4 aromatic carbocycles. The van der Waals surface area contributed by atoms with E-state index in [9.17, 15) is 5.11 Å². The summed E-state index contributed by atoms with van der Waals surface area (Å²) in [5, 5.41) is 10.1. The zero-order chi connectivity index (χ0) is 19.5. The van der Waals surface area contributed by atoms with E-state index in [2.05, 4.69) is 91.5 Å². The molecule has 0 saturated carbocycles. The van der Waals surface area contributed by atoms with Crippen LogP contribution in [0.4, 0.5) is 17.1 Å². The van der Waals surface area contributed by atoms with Crippen LogP contribution < -0.4 is 4.90 Å². The van der Waals surface area contributed by atoms with Crippen LogP contribution >= 0.6 is 0 Å². The lowest BCUT2D eigenvalue weighted by molar-refractivity contribution is 0.477. The van der Waals surface area contributed by atoms with Crippen molar-refractivity contribution in [2.75, 3.05) is 4.90 Å². The van der Waals surface area contributed by atoms with E-state index in [1.807, 2.05) is 18.2 Å². The molecule has 0 saturated heterocycles. The number of nitrogens with zero attached hydrogens (tertiary/aromatic N) is 1. The van der Waals surface area contributed by atoms with Crippen molar-refractivity contribution >= 4 is 17.1 Å². The molecule has 28 heavy (non-hydrogen) atoms. The lowest BCUT2D eigenvalue weighted by Gasteiger charge is -2.26. The first kappa shape index (κ1) is 17.9. The van der Waals surface area contributed by atoms with Crippen molar-refractivity contribution in [2.45, 2.75) is 13.8 Å². The molecule has 0 aliphatic carbocycles. The van der Waals surface area contributed by atoms with E-state index >= 15 is 0 Å². The highest BCUT2D eigenvalue weighted by molar-refractivity contribution is 5.79. The van der Waals surface area contributed by atoms with Crippen molar-refractivity contribution in [1.29, 1.82) is 0 Å². The second-order valence-corrected chi connectivity index (χ2v) is 7.07. The molecule has 0 atom stereocenters. The molecule has 0 aliphatic heterocycles. The van der Waals surface area contributed by atoms with Crippen molar-refractivity contribution in [3.05, 3.63) is 108 Å². The summed E-state index contributed by atoms with van der Waals surface area (Å²) in [6.45, 7) is 4.21. The predicted molar refractivity (Wildman–Crippen MR) is 118 cm³/mol. The molecule has 0 amide bonds. The van der Waals surface area contributed by atoms with Gasteiger partial charge in [-0.05, 0) is 67.4 Å². The number of phenols is 1. The Hall–Kier alpha value is -3.52. The summed E-state index contributed by atoms with van der Waals surface area (Å²) in [5.41, 5.74) is 7.61. The first-order valence-corrected chi connectivity index (χ1v) is 9.44. The van der Waals surface area contributed by atoms with E-state index in [1.54, 1.807) is 6.07 Å². The second kappa shape index (κ2) is 7.61. The van der Waals surface area contributed by atoms with Crippen molar-refractivity contribution in [2.24, 2.45) is 0 Å². The maximum absolute atomic E-state index is 10.1. The summed E-state index contributed by atoms with van der Waals surface area (Å²) in [7, 11) is 0. The Bertz CT molecular complexity index is 1080. The maximum Gasteiger partial charge on any atom is 0.123 e. The molecule has 0 radical (unpaired) electrons. The van der Waals surface area contributed by atoms with Gasteiger partial charge in [-0.1, -0.05) is 60.2 Å². The third-order valence-electron chi connectivity index (χ3n) is 4.89.